The Morgan fingerprint density at radius 3 is 2.46 bits per heavy atom. The fourth-order valence-electron chi connectivity index (χ4n) is 2.32. The van der Waals surface area contributed by atoms with Crippen molar-refractivity contribution in [1.29, 1.82) is 0 Å². The average Bonchev–Trinajstić information content (AvgIpc) is 2.69. The van der Waals surface area contributed by atoms with Gasteiger partial charge in [0.05, 0.1) is 13.5 Å². The zero-order valence-corrected chi connectivity index (χ0v) is 16.3. The van der Waals surface area contributed by atoms with Gasteiger partial charge in [0.2, 0.25) is 5.91 Å². The van der Waals surface area contributed by atoms with Gasteiger partial charge >= 0.3 is 0 Å². The van der Waals surface area contributed by atoms with Gasteiger partial charge in [0.15, 0.2) is 6.61 Å². The lowest BCUT2D eigenvalue weighted by Crippen LogP contribution is -2.28. The Bertz CT molecular complexity index is 832. The molecule has 0 spiro atoms. The molecule has 2 aromatic rings. The summed E-state index contributed by atoms with van der Waals surface area (Å²) in [4.78, 5) is 23.8. The quantitative estimate of drug-likeness (QED) is 0.515. The summed E-state index contributed by atoms with van der Waals surface area (Å²) in [5, 5.41) is 6.74. The van der Waals surface area contributed by atoms with Crippen LogP contribution in [0.3, 0.4) is 0 Å². The molecule has 0 aliphatic heterocycles. The smallest absolute Gasteiger partial charge is 0.277 e. The highest BCUT2D eigenvalue weighted by atomic mass is 16.5. The van der Waals surface area contributed by atoms with Crippen LogP contribution in [0.5, 0.6) is 11.5 Å². The van der Waals surface area contributed by atoms with E-state index >= 15 is 0 Å². The maximum atomic E-state index is 12.0. The number of carbonyl (C=O) groups excluding carboxylic acids is 2. The molecule has 28 heavy (non-hydrogen) atoms. The van der Waals surface area contributed by atoms with Crippen molar-refractivity contribution in [2.75, 3.05) is 13.7 Å². The van der Waals surface area contributed by atoms with Crippen molar-refractivity contribution < 1.29 is 19.1 Å². The van der Waals surface area contributed by atoms with Crippen LogP contribution in [0.25, 0.3) is 0 Å². The zero-order valence-electron chi connectivity index (χ0n) is 16.3. The minimum absolute atomic E-state index is 0.0924. The molecular formula is C21H25N3O4. The lowest BCUT2D eigenvalue weighted by Gasteiger charge is -2.07. The van der Waals surface area contributed by atoms with Crippen molar-refractivity contribution in [3.8, 4) is 11.5 Å². The molecule has 0 unspecified atom stereocenters. The van der Waals surface area contributed by atoms with E-state index in [4.69, 9.17) is 9.47 Å². The van der Waals surface area contributed by atoms with Crippen LogP contribution in [0.2, 0.25) is 0 Å². The normalized spacial score (nSPS) is 10.9. The van der Waals surface area contributed by atoms with Crippen molar-refractivity contribution in [2.24, 2.45) is 5.10 Å². The number of benzene rings is 2. The zero-order chi connectivity index (χ0) is 20.4. The van der Waals surface area contributed by atoms with Gasteiger partial charge in [-0.05, 0) is 49.2 Å². The minimum atomic E-state index is -0.389. The lowest BCUT2D eigenvalue weighted by molar-refractivity contribution is -0.123. The summed E-state index contributed by atoms with van der Waals surface area (Å²) in [5.74, 6) is 0.816. The largest absolute Gasteiger partial charge is 0.497 e. The van der Waals surface area contributed by atoms with Crippen molar-refractivity contribution in [3.05, 3.63) is 59.7 Å². The number of methoxy groups -OCH3 is 1. The number of nitrogens with zero attached hydrogens (tertiary/aromatic N) is 1. The van der Waals surface area contributed by atoms with E-state index in [1.54, 1.807) is 20.1 Å². The van der Waals surface area contributed by atoms with Gasteiger partial charge in [-0.3, -0.25) is 9.59 Å². The summed E-state index contributed by atoms with van der Waals surface area (Å²) in [7, 11) is 1.60. The van der Waals surface area contributed by atoms with E-state index in [2.05, 4.69) is 15.8 Å². The number of ether oxygens (including phenoxy) is 2. The van der Waals surface area contributed by atoms with E-state index in [9.17, 15) is 9.59 Å². The Hall–Kier alpha value is -3.35. The van der Waals surface area contributed by atoms with E-state index < -0.39 is 0 Å². The summed E-state index contributed by atoms with van der Waals surface area (Å²) in [6, 6.07) is 14.9. The summed E-state index contributed by atoms with van der Waals surface area (Å²) < 4.78 is 10.5. The van der Waals surface area contributed by atoms with Gasteiger partial charge in [-0.15, -0.1) is 0 Å². The highest BCUT2D eigenvalue weighted by Crippen LogP contribution is 2.12. The van der Waals surface area contributed by atoms with Gasteiger partial charge in [0.25, 0.3) is 5.91 Å². The van der Waals surface area contributed by atoms with Gasteiger partial charge in [0, 0.05) is 12.3 Å². The van der Waals surface area contributed by atoms with E-state index in [1.807, 2.05) is 49.4 Å². The molecule has 0 saturated heterocycles. The number of hydrogen-bond donors (Lipinski definition) is 2. The second kappa shape index (κ2) is 10.7. The molecule has 0 aliphatic rings. The van der Waals surface area contributed by atoms with Crippen LogP contribution in [0, 0.1) is 6.92 Å². The average molecular weight is 383 g/mol. The number of carbonyl (C=O) groups is 2. The fourth-order valence-corrected chi connectivity index (χ4v) is 2.32. The third-order valence-corrected chi connectivity index (χ3v) is 3.80. The van der Waals surface area contributed by atoms with Gasteiger partial charge in [-0.1, -0.05) is 24.3 Å². The van der Waals surface area contributed by atoms with Gasteiger partial charge < -0.3 is 14.8 Å². The van der Waals surface area contributed by atoms with Gasteiger partial charge in [-0.2, -0.15) is 5.10 Å². The van der Waals surface area contributed by atoms with Crippen LogP contribution in [0.15, 0.2) is 53.6 Å². The first-order valence-corrected chi connectivity index (χ1v) is 8.87. The Morgan fingerprint density at radius 2 is 1.79 bits per heavy atom. The Kier molecular flexibility index (Phi) is 8.02. The molecule has 2 N–H and O–H groups in total. The van der Waals surface area contributed by atoms with E-state index in [0.29, 0.717) is 18.0 Å². The molecule has 0 bridgehead atoms. The Labute approximate surface area is 164 Å². The number of aryl methyl sites for hydroxylation is 1. The van der Waals surface area contributed by atoms with Crippen molar-refractivity contribution in [1.82, 2.24) is 10.7 Å². The van der Waals surface area contributed by atoms with Crippen LogP contribution < -0.4 is 20.2 Å². The summed E-state index contributed by atoms with van der Waals surface area (Å²) in [5.41, 5.74) is 4.90. The van der Waals surface area contributed by atoms with Crippen molar-refractivity contribution in [2.45, 2.75) is 26.8 Å². The summed E-state index contributed by atoms with van der Waals surface area (Å²) >= 11 is 0. The first kappa shape index (κ1) is 21.0. The third-order valence-electron chi connectivity index (χ3n) is 3.80. The Balaban J connectivity index is 1.70. The van der Waals surface area contributed by atoms with E-state index in [-0.39, 0.29) is 24.8 Å². The van der Waals surface area contributed by atoms with E-state index in [1.165, 1.54) is 0 Å². The molecule has 0 heterocycles. The molecule has 7 nitrogen and oxygen atoms in total. The number of hydrazone groups is 1. The fraction of sp³-hybridized carbons (Fsp3) is 0.286. The summed E-state index contributed by atoms with van der Waals surface area (Å²) in [6.07, 6.45) is 0.0924. The number of nitrogens with one attached hydrogen (secondary N) is 2. The first-order valence-electron chi connectivity index (χ1n) is 8.87. The third kappa shape index (κ3) is 7.49. The predicted octanol–water partition coefficient (Wildman–Crippen LogP) is 2.58. The monoisotopic (exact) mass is 383 g/mol. The van der Waals surface area contributed by atoms with Gasteiger partial charge in [0.1, 0.15) is 11.5 Å². The second-order valence-electron chi connectivity index (χ2n) is 6.29. The van der Waals surface area contributed by atoms with Crippen molar-refractivity contribution in [3.63, 3.8) is 0 Å². The Morgan fingerprint density at radius 1 is 1.04 bits per heavy atom. The topological polar surface area (TPSA) is 89.0 Å². The molecule has 0 radical (unpaired) electrons. The van der Waals surface area contributed by atoms with Crippen LogP contribution in [-0.4, -0.2) is 31.2 Å². The van der Waals surface area contributed by atoms with Gasteiger partial charge in [-0.25, -0.2) is 5.43 Å². The number of amides is 2. The second-order valence-corrected chi connectivity index (χ2v) is 6.29. The molecule has 148 valence electrons. The molecular weight excluding hydrogens is 358 g/mol. The van der Waals surface area contributed by atoms with Crippen LogP contribution in [0.4, 0.5) is 0 Å². The molecule has 7 heteroatoms. The van der Waals surface area contributed by atoms with Crippen LogP contribution >= 0.6 is 0 Å². The highest BCUT2D eigenvalue weighted by molar-refractivity contribution is 6.00. The molecule has 0 saturated carbocycles. The maximum Gasteiger partial charge on any atom is 0.277 e. The molecule has 0 fully saturated rings. The molecule has 2 aromatic carbocycles. The number of hydrogen-bond acceptors (Lipinski definition) is 5. The summed E-state index contributed by atoms with van der Waals surface area (Å²) in [6.45, 7) is 3.88. The first-order chi connectivity index (χ1) is 13.5. The molecule has 2 rings (SSSR count). The maximum absolute atomic E-state index is 12.0. The van der Waals surface area contributed by atoms with E-state index in [0.717, 1.165) is 16.9 Å². The standard InChI is InChI=1S/C21H25N3O4/c1-15-5-4-6-19(11-15)28-14-21(26)24-23-16(2)12-20(25)22-13-17-7-9-18(27-3)10-8-17/h4-11H,12-14H2,1-3H3,(H,22,25)(H,24,26)/b23-16-. The predicted molar refractivity (Wildman–Crippen MR) is 107 cm³/mol. The van der Waals surface area contributed by atoms with Crippen LogP contribution in [-0.2, 0) is 16.1 Å². The lowest BCUT2D eigenvalue weighted by atomic mass is 10.2. The molecule has 0 atom stereocenters. The van der Waals surface area contributed by atoms with Crippen molar-refractivity contribution >= 4 is 17.5 Å². The van der Waals surface area contributed by atoms with Crippen LogP contribution in [0.1, 0.15) is 24.5 Å². The minimum Gasteiger partial charge on any atom is -0.497 e. The molecule has 2 amide bonds. The molecule has 0 aliphatic carbocycles. The SMILES string of the molecule is COc1ccc(CNC(=O)C/C(C)=N\NC(=O)COc2cccc(C)c2)cc1. The number of rotatable bonds is 9. The molecule has 0 aromatic heterocycles. The highest BCUT2D eigenvalue weighted by Gasteiger charge is 2.06.